The number of hydrazone groups is 1. The van der Waals surface area contributed by atoms with Crippen LogP contribution in [0.25, 0.3) is 11.1 Å². The van der Waals surface area contributed by atoms with Gasteiger partial charge in [-0.1, -0.05) is 54.6 Å². The van der Waals surface area contributed by atoms with Crippen LogP contribution < -0.4 is 14.9 Å². The van der Waals surface area contributed by atoms with Gasteiger partial charge in [-0.25, -0.2) is 5.43 Å². The molecule has 1 heterocycles. The lowest BCUT2D eigenvalue weighted by atomic mass is 10.0. The molecule has 4 rings (SSSR count). The number of benzene rings is 3. The number of ether oxygens (including phenoxy) is 2. The molecule has 26 heavy (non-hydrogen) atoms. The topological polar surface area (TPSA) is 59.9 Å². The molecule has 0 radical (unpaired) electrons. The Hall–Kier alpha value is -3.60. The van der Waals surface area contributed by atoms with E-state index in [0.29, 0.717) is 17.1 Å². The van der Waals surface area contributed by atoms with E-state index in [-0.39, 0.29) is 12.7 Å². The van der Waals surface area contributed by atoms with Gasteiger partial charge in [0.15, 0.2) is 11.5 Å². The molecule has 0 fully saturated rings. The van der Waals surface area contributed by atoms with Crippen molar-refractivity contribution in [1.82, 2.24) is 5.43 Å². The van der Waals surface area contributed by atoms with Crippen LogP contribution >= 0.6 is 0 Å². The van der Waals surface area contributed by atoms with Crippen LogP contribution in [0.5, 0.6) is 11.5 Å². The molecule has 0 saturated heterocycles. The number of hydrogen-bond donors (Lipinski definition) is 1. The summed E-state index contributed by atoms with van der Waals surface area (Å²) in [7, 11) is 0. The summed E-state index contributed by atoms with van der Waals surface area (Å²) in [4.78, 5) is 12.2. The normalized spacial score (nSPS) is 12.3. The summed E-state index contributed by atoms with van der Waals surface area (Å²) < 4.78 is 10.5. The number of fused-ring (bicyclic) bond motifs is 1. The maximum absolute atomic E-state index is 12.2. The largest absolute Gasteiger partial charge is 0.454 e. The summed E-state index contributed by atoms with van der Waals surface area (Å²) >= 11 is 0. The first-order valence-corrected chi connectivity index (χ1v) is 8.18. The Morgan fingerprint density at radius 1 is 0.885 bits per heavy atom. The summed E-state index contributed by atoms with van der Waals surface area (Å²) in [6.07, 6.45) is 1.61. The van der Waals surface area contributed by atoms with E-state index in [0.717, 1.165) is 16.7 Å². The van der Waals surface area contributed by atoms with Gasteiger partial charge in [0.2, 0.25) is 6.79 Å². The first-order valence-electron chi connectivity index (χ1n) is 8.18. The standard InChI is InChI=1S/C21H16N2O3/c24-21(18-10-11-19-20(12-18)26-14-25-19)23-22-13-15-6-8-17(9-7-15)16-4-2-1-3-5-16/h1-13H,14H2,(H,23,24)/b22-13-. The van der Waals surface area contributed by atoms with Crippen LogP contribution in [0.1, 0.15) is 15.9 Å². The quantitative estimate of drug-likeness (QED) is 0.578. The van der Waals surface area contributed by atoms with Crippen LogP contribution in [0, 0.1) is 0 Å². The second kappa shape index (κ2) is 7.11. The molecule has 0 bridgehead atoms. The van der Waals surface area contributed by atoms with Gasteiger partial charge in [0.1, 0.15) is 0 Å². The summed E-state index contributed by atoms with van der Waals surface area (Å²) in [6.45, 7) is 0.178. The number of nitrogens with zero attached hydrogens (tertiary/aromatic N) is 1. The lowest BCUT2D eigenvalue weighted by molar-refractivity contribution is 0.0954. The molecule has 1 N–H and O–H groups in total. The zero-order chi connectivity index (χ0) is 17.8. The van der Waals surface area contributed by atoms with Crippen molar-refractivity contribution in [3.8, 4) is 22.6 Å². The van der Waals surface area contributed by atoms with Crippen molar-refractivity contribution in [3.05, 3.63) is 83.9 Å². The molecule has 0 aliphatic carbocycles. The van der Waals surface area contributed by atoms with Crippen molar-refractivity contribution in [2.45, 2.75) is 0 Å². The molecule has 5 nitrogen and oxygen atoms in total. The maximum atomic E-state index is 12.2. The van der Waals surface area contributed by atoms with Gasteiger partial charge < -0.3 is 9.47 Å². The van der Waals surface area contributed by atoms with Crippen LogP contribution in [0.15, 0.2) is 77.9 Å². The van der Waals surface area contributed by atoms with Gasteiger partial charge in [-0.2, -0.15) is 5.10 Å². The third-order valence-corrected chi connectivity index (χ3v) is 4.03. The molecule has 3 aromatic carbocycles. The second-order valence-electron chi connectivity index (χ2n) is 5.76. The van der Waals surface area contributed by atoms with Crippen LogP contribution in [0.2, 0.25) is 0 Å². The third-order valence-electron chi connectivity index (χ3n) is 4.03. The molecule has 0 aromatic heterocycles. The van der Waals surface area contributed by atoms with Crippen molar-refractivity contribution in [2.24, 2.45) is 5.10 Å². The molecular weight excluding hydrogens is 328 g/mol. The zero-order valence-corrected chi connectivity index (χ0v) is 13.9. The van der Waals surface area contributed by atoms with Gasteiger partial charge >= 0.3 is 0 Å². The molecule has 128 valence electrons. The SMILES string of the molecule is O=C(N/N=C\c1ccc(-c2ccccc2)cc1)c1ccc2c(c1)OCO2. The predicted molar refractivity (Wildman–Crippen MR) is 99.5 cm³/mol. The van der Waals surface area contributed by atoms with E-state index in [1.807, 2.05) is 42.5 Å². The van der Waals surface area contributed by atoms with E-state index in [1.54, 1.807) is 24.4 Å². The van der Waals surface area contributed by atoms with E-state index in [2.05, 4.69) is 22.7 Å². The fourth-order valence-electron chi connectivity index (χ4n) is 2.66. The lowest BCUT2D eigenvalue weighted by Gasteiger charge is -2.03. The van der Waals surface area contributed by atoms with Gasteiger partial charge in [-0.15, -0.1) is 0 Å². The Labute approximate surface area is 150 Å². The van der Waals surface area contributed by atoms with E-state index in [9.17, 15) is 4.79 Å². The minimum absolute atomic E-state index is 0.178. The van der Waals surface area contributed by atoms with Gasteiger partial charge in [0.05, 0.1) is 6.21 Å². The predicted octanol–water partition coefficient (Wildman–Crippen LogP) is 3.85. The number of rotatable bonds is 4. The summed E-state index contributed by atoms with van der Waals surface area (Å²) in [5.41, 5.74) is 6.17. The monoisotopic (exact) mass is 344 g/mol. The number of carbonyl (C=O) groups excluding carboxylic acids is 1. The Bertz CT molecular complexity index is 951. The van der Waals surface area contributed by atoms with Crippen molar-refractivity contribution in [2.75, 3.05) is 6.79 Å². The summed E-state index contributed by atoms with van der Waals surface area (Å²) in [5, 5.41) is 4.02. The van der Waals surface area contributed by atoms with Gasteiger partial charge in [0, 0.05) is 5.56 Å². The molecule has 0 spiro atoms. The molecule has 1 aliphatic rings. The van der Waals surface area contributed by atoms with E-state index in [4.69, 9.17) is 9.47 Å². The zero-order valence-electron chi connectivity index (χ0n) is 13.9. The Balaban J connectivity index is 1.40. The van der Waals surface area contributed by atoms with Crippen molar-refractivity contribution in [3.63, 3.8) is 0 Å². The number of hydrogen-bond acceptors (Lipinski definition) is 4. The van der Waals surface area contributed by atoms with Gasteiger partial charge in [-0.05, 0) is 34.9 Å². The highest BCUT2D eigenvalue weighted by Gasteiger charge is 2.15. The highest BCUT2D eigenvalue weighted by molar-refractivity contribution is 5.95. The highest BCUT2D eigenvalue weighted by atomic mass is 16.7. The van der Waals surface area contributed by atoms with E-state index >= 15 is 0 Å². The average molecular weight is 344 g/mol. The molecule has 5 heteroatoms. The van der Waals surface area contributed by atoms with E-state index in [1.165, 1.54) is 0 Å². The number of carbonyl (C=O) groups is 1. The molecule has 0 atom stereocenters. The first-order chi connectivity index (χ1) is 12.8. The Morgan fingerprint density at radius 2 is 1.62 bits per heavy atom. The Kier molecular flexibility index (Phi) is 4.35. The molecule has 1 amide bonds. The molecule has 0 unspecified atom stereocenters. The minimum atomic E-state index is -0.305. The second-order valence-corrected chi connectivity index (χ2v) is 5.76. The third kappa shape index (κ3) is 3.42. The number of amides is 1. The Morgan fingerprint density at radius 3 is 2.42 bits per heavy atom. The molecular formula is C21H16N2O3. The fraction of sp³-hybridized carbons (Fsp3) is 0.0476. The summed E-state index contributed by atoms with van der Waals surface area (Å²) in [5.74, 6) is 0.905. The van der Waals surface area contributed by atoms with Gasteiger partial charge in [-0.3, -0.25) is 4.79 Å². The fourth-order valence-corrected chi connectivity index (χ4v) is 2.66. The highest BCUT2D eigenvalue weighted by Crippen LogP contribution is 2.32. The number of nitrogens with one attached hydrogen (secondary N) is 1. The van der Waals surface area contributed by atoms with Crippen molar-refractivity contribution >= 4 is 12.1 Å². The van der Waals surface area contributed by atoms with Crippen molar-refractivity contribution in [1.29, 1.82) is 0 Å². The van der Waals surface area contributed by atoms with Crippen LogP contribution in [0.4, 0.5) is 0 Å². The van der Waals surface area contributed by atoms with Crippen LogP contribution in [-0.4, -0.2) is 18.9 Å². The maximum Gasteiger partial charge on any atom is 0.271 e. The lowest BCUT2D eigenvalue weighted by Crippen LogP contribution is -2.17. The van der Waals surface area contributed by atoms with Crippen LogP contribution in [-0.2, 0) is 0 Å². The average Bonchev–Trinajstić information content (AvgIpc) is 3.17. The van der Waals surface area contributed by atoms with Gasteiger partial charge in [0.25, 0.3) is 5.91 Å². The molecule has 0 saturated carbocycles. The molecule has 1 aliphatic heterocycles. The first kappa shape index (κ1) is 15.9. The van der Waals surface area contributed by atoms with Crippen LogP contribution in [0.3, 0.4) is 0 Å². The smallest absolute Gasteiger partial charge is 0.271 e. The minimum Gasteiger partial charge on any atom is -0.454 e. The summed E-state index contributed by atoms with van der Waals surface area (Å²) in [6, 6.07) is 23.1. The molecule has 3 aromatic rings. The van der Waals surface area contributed by atoms with E-state index < -0.39 is 0 Å². The van der Waals surface area contributed by atoms with Crippen molar-refractivity contribution < 1.29 is 14.3 Å².